The maximum atomic E-state index is 12.1. The normalized spacial score (nSPS) is 15.9. The zero-order valence-electron chi connectivity index (χ0n) is 11.2. The van der Waals surface area contributed by atoms with Gasteiger partial charge in [-0.15, -0.1) is 22.7 Å². The van der Waals surface area contributed by atoms with Crippen molar-refractivity contribution in [2.75, 3.05) is 13.1 Å². The largest absolute Gasteiger partial charge is 0.339 e. The maximum absolute atomic E-state index is 12.1. The number of rotatable bonds is 3. The average Bonchev–Trinajstić information content (AvgIpc) is 3.16. The lowest BCUT2D eigenvalue weighted by Gasteiger charge is -2.25. The fraction of sp³-hybridized carbons (Fsp3) is 0.312. The summed E-state index contributed by atoms with van der Waals surface area (Å²) in [5.74, 6) is 0.149. The van der Waals surface area contributed by atoms with Crippen molar-refractivity contribution >= 4 is 34.7 Å². The molecule has 0 saturated carbocycles. The molecule has 2 aromatic heterocycles. The van der Waals surface area contributed by atoms with Gasteiger partial charge in [-0.05, 0) is 48.9 Å². The summed E-state index contributed by atoms with van der Waals surface area (Å²) in [5.41, 5.74) is 0. The summed E-state index contributed by atoms with van der Waals surface area (Å²) in [6.45, 7) is 1.82. The summed E-state index contributed by atoms with van der Waals surface area (Å²) in [5, 5.41) is 2.09. The van der Waals surface area contributed by atoms with Crippen molar-refractivity contribution in [1.82, 2.24) is 4.90 Å². The molecule has 0 aromatic carbocycles. The van der Waals surface area contributed by atoms with Crippen LogP contribution in [0.3, 0.4) is 0 Å². The molecule has 1 aliphatic heterocycles. The third kappa shape index (κ3) is 3.19. The molecule has 1 aliphatic rings. The highest BCUT2D eigenvalue weighted by Crippen LogP contribution is 2.31. The second kappa shape index (κ2) is 6.37. The molecule has 1 amide bonds. The number of hydrogen-bond acceptors (Lipinski definition) is 3. The first-order valence-corrected chi connectivity index (χ1v) is 8.63. The topological polar surface area (TPSA) is 20.3 Å². The second-order valence-electron chi connectivity index (χ2n) is 4.90. The number of thiophene rings is 2. The number of nitrogens with zero attached hydrogens (tertiary/aromatic N) is 1. The number of carbonyl (C=O) groups is 1. The van der Waals surface area contributed by atoms with Gasteiger partial charge in [0.1, 0.15) is 0 Å². The van der Waals surface area contributed by atoms with Gasteiger partial charge in [0, 0.05) is 33.8 Å². The van der Waals surface area contributed by atoms with E-state index < -0.39 is 0 Å². The van der Waals surface area contributed by atoms with E-state index in [1.807, 2.05) is 11.0 Å². The molecular formula is C16H17NOS2. The molecule has 0 spiro atoms. The molecule has 0 aliphatic carbocycles. The Kier molecular flexibility index (Phi) is 4.33. The summed E-state index contributed by atoms with van der Waals surface area (Å²) in [6.07, 6.45) is 7.19. The summed E-state index contributed by atoms with van der Waals surface area (Å²) in [4.78, 5) is 17.7. The highest BCUT2D eigenvalue weighted by molar-refractivity contribution is 7.21. The van der Waals surface area contributed by atoms with Crippen LogP contribution in [0.5, 0.6) is 0 Å². The van der Waals surface area contributed by atoms with Crippen LogP contribution in [-0.2, 0) is 4.79 Å². The summed E-state index contributed by atoms with van der Waals surface area (Å²) < 4.78 is 0. The Morgan fingerprint density at radius 1 is 1.10 bits per heavy atom. The van der Waals surface area contributed by atoms with E-state index in [2.05, 4.69) is 29.6 Å². The number of piperidine rings is 1. The summed E-state index contributed by atoms with van der Waals surface area (Å²) in [6, 6.07) is 8.40. The van der Waals surface area contributed by atoms with E-state index in [0.717, 1.165) is 30.8 Å². The smallest absolute Gasteiger partial charge is 0.246 e. The van der Waals surface area contributed by atoms with Crippen LogP contribution in [0.2, 0.25) is 0 Å². The number of likely N-dealkylation sites (tertiary alicyclic amines) is 1. The van der Waals surface area contributed by atoms with Crippen LogP contribution in [0.1, 0.15) is 24.1 Å². The highest BCUT2D eigenvalue weighted by Gasteiger charge is 2.13. The SMILES string of the molecule is O=C(/C=C/c1ccc(-c2cccs2)s1)N1CCCCC1. The molecule has 0 radical (unpaired) electrons. The summed E-state index contributed by atoms with van der Waals surface area (Å²) >= 11 is 3.48. The van der Waals surface area contributed by atoms with E-state index in [0.29, 0.717) is 0 Å². The zero-order chi connectivity index (χ0) is 13.8. The Labute approximate surface area is 127 Å². The van der Waals surface area contributed by atoms with Gasteiger partial charge in [-0.25, -0.2) is 0 Å². The van der Waals surface area contributed by atoms with Crippen LogP contribution in [0.15, 0.2) is 35.7 Å². The predicted octanol–water partition coefficient (Wildman–Crippen LogP) is 4.50. The van der Waals surface area contributed by atoms with E-state index in [-0.39, 0.29) is 5.91 Å². The molecule has 104 valence electrons. The molecule has 0 unspecified atom stereocenters. The van der Waals surface area contributed by atoms with Crippen LogP contribution in [0.4, 0.5) is 0 Å². The van der Waals surface area contributed by atoms with Crippen LogP contribution in [0.25, 0.3) is 15.8 Å². The number of carbonyl (C=O) groups excluding carboxylic acids is 1. The van der Waals surface area contributed by atoms with Gasteiger partial charge in [0.05, 0.1) is 0 Å². The standard InChI is InChI=1S/C16H17NOS2/c18-16(17-10-2-1-3-11-17)9-7-13-6-8-15(20-13)14-5-4-12-19-14/h4-9,12H,1-3,10-11H2/b9-7+. The molecule has 1 fully saturated rings. The van der Waals surface area contributed by atoms with Gasteiger partial charge in [-0.3, -0.25) is 4.79 Å². The molecule has 20 heavy (non-hydrogen) atoms. The van der Waals surface area contributed by atoms with Gasteiger partial charge in [0.15, 0.2) is 0 Å². The van der Waals surface area contributed by atoms with Gasteiger partial charge in [-0.1, -0.05) is 6.07 Å². The van der Waals surface area contributed by atoms with Gasteiger partial charge in [0.2, 0.25) is 5.91 Å². The Morgan fingerprint density at radius 2 is 1.95 bits per heavy atom. The zero-order valence-corrected chi connectivity index (χ0v) is 12.9. The minimum Gasteiger partial charge on any atom is -0.339 e. The molecule has 2 nitrogen and oxygen atoms in total. The van der Waals surface area contributed by atoms with Gasteiger partial charge in [-0.2, -0.15) is 0 Å². The maximum Gasteiger partial charge on any atom is 0.246 e. The fourth-order valence-corrected chi connectivity index (χ4v) is 4.11. The molecule has 0 bridgehead atoms. The van der Waals surface area contributed by atoms with Crippen molar-refractivity contribution in [1.29, 1.82) is 0 Å². The quantitative estimate of drug-likeness (QED) is 0.764. The molecule has 2 aromatic rings. The van der Waals surface area contributed by atoms with E-state index in [4.69, 9.17) is 0 Å². The average molecular weight is 303 g/mol. The molecule has 0 N–H and O–H groups in total. The third-order valence-corrected chi connectivity index (χ3v) is 5.56. The van der Waals surface area contributed by atoms with Crippen molar-refractivity contribution in [3.05, 3.63) is 40.6 Å². The molecule has 3 heterocycles. The lowest BCUT2D eigenvalue weighted by Crippen LogP contribution is -2.34. The molecule has 1 saturated heterocycles. The highest BCUT2D eigenvalue weighted by atomic mass is 32.1. The Balaban J connectivity index is 1.65. The van der Waals surface area contributed by atoms with E-state index in [1.54, 1.807) is 28.7 Å². The fourth-order valence-electron chi connectivity index (χ4n) is 2.37. The summed E-state index contributed by atoms with van der Waals surface area (Å²) in [7, 11) is 0. The first-order valence-electron chi connectivity index (χ1n) is 6.93. The second-order valence-corrected chi connectivity index (χ2v) is 6.96. The van der Waals surface area contributed by atoms with Crippen LogP contribution in [-0.4, -0.2) is 23.9 Å². The third-order valence-electron chi connectivity index (χ3n) is 3.45. The Morgan fingerprint density at radius 3 is 2.70 bits per heavy atom. The van der Waals surface area contributed by atoms with Crippen LogP contribution < -0.4 is 0 Å². The first kappa shape index (κ1) is 13.6. The first-order chi connectivity index (χ1) is 9.83. The lowest BCUT2D eigenvalue weighted by atomic mass is 10.1. The molecule has 4 heteroatoms. The van der Waals surface area contributed by atoms with Crippen LogP contribution >= 0.6 is 22.7 Å². The van der Waals surface area contributed by atoms with Crippen molar-refractivity contribution < 1.29 is 4.79 Å². The van der Waals surface area contributed by atoms with Crippen molar-refractivity contribution in [2.45, 2.75) is 19.3 Å². The van der Waals surface area contributed by atoms with Gasteiger partial charge >= 0.3 is 0 Å². The predicted molar refractivity (Wildman–Crippen MR) is 87.1 cm³/mol. The minimum absolute atomic E-state index is 0.149. The van der Waals surface area contributed by atoms with Crippen molar-refractivity contribution in [3.63, 3.8) is 0 Å². The van der Waals surface area contributed by atoms with Crippen molar-refractivity contribution in [3.8, 4) is 9.75 Å². The minimum atomic E-state index is 0.149. The van der Waals surface area contributed by atoms with E-state index in [9.17, 15) is 4.79 Å². The Hall–Kier alpha value is -1.39. The van der Waals surface area contributed by atoms with E-state index >= 15 is 0 Å². The van der Waals surface area contributed by atoms with E-state index in [1.165, 1.54) is 16.2 Å². The monoisotopic (exact) mass is 303 g/mol. The lowest BCUT2D eigenvalue weighted by molar-refractivity contribution is -0.126. The van der Waals surface area contributed by atoms with Gasteiger partial charge in [0.25, 0.3) is 0 Å². The number of amides is 1. The molecular weight excluding hydrogens is 286 g/mol. The Bertz CT molecular complexity index is 592. The van der Waals surface area contributed by atoms with Crippen LogP contribution in [0, 0.1) is 0 Å². The van der Waals surface area contributed by atoms with Crippen molar-refractivity contribution in [2.24, 2.45) is 0 Å². The molecule has 0 atom stereocenters. The number of hydrogen-bond donors (Lipinski definition) is 0. The molecule has 3 rings (SSSR count). The van der Waals surface area contributed by atoms with Gasteiger partial charge < -0.3 is 4.90 Å².